The van der Waals surface area contributed by atoms with Crippen molar-refractivity contribution >= 4 is 5.97 Å². The van der Waals surface area contributed by atoms with E-state index in [9.17, 15) is 14.3 Å². The Morgan fingerprint density at radius 2 is 2.07 bits per heavy atom. The van der Waals surface area contributed by atoms with Crippen molar-refractivity contribution in [3.63, 3.8) is 0 Å². The van der Waals surface area contributed by atoms with Crippen LogP contribution in [0.3, 0.4) is 0 Å². The van der Waals surface area contributed by atoms with Gasteiger partial charge in [-0.2, -0.15) is 0 Å². The summed E-state index contributed by atoms with van der Waals surface area (Å²) in [5.41, 5.74) is 5.25. The van der Waals surface area contributed by atoms with Crippen LogP contribution in [0.1, 0.15) is 18.2 Å². The number of aliphatic carboxylic acids is 1. The number of carboxylic acid groups (broad SMARTS) is 1. The highest BCUT2D eigenvalue weighted by Gasteiger charge is 2.21. The molecule has 0 saturated carbocycles. The normalized spacial score (nSPS) is 14.5. The van der Waals surface area contributed by atoms with Gasteiger partial charge in [0.05, 0.1) is 0 Å². The van der Waals surface area contributed by atoms with Crippen molar-refractivity contribution in [3.8, 4) is 5.75 Å². The van der Waals surface area contributed by atoms with Crippen LogP contribution < -0.4 is 5.73 Å². The molecule has 1 rings (SSSR count). The summed E-state index contributed by atoms with van der Waals surface area (Å²) < 4.78 is 13.5. The second-order valence-corrected chi connectivity index (χ2v) is 3.21. The van der Waals surface area contributed by atoms with Crippen molar-refractivity contribution in [1.82, 2.24) is 0 Å². The Morgan fingerprint density at radius 1 is 1.47 bits per heavy atom. The number of nitrogens with two attached hydrogens (primary N) is 1. The third-order valence-corrected chi connectivity index (χ3v) is 2.05. The number of carboxylic acids is 1. The Labute approximate surface area is 86.1 Å². The second kappa shape index (κ2) is 4.75. The first-order chi connectivity index (χ1) is 7.02. The molecule has 0 radical (unpaired) electrons. The molecule has 0 spiro atoms. The molecule has 4 N–H and O–H groups in total. The van der Waals surface area contributed by atoms with Gasteiger partial charge < -0.3 is 15.9 Å². The van der Waals surface area contributed by atoms with Crippen LogP contribution in [-0.2, 0) is 4.79 Å². The van der Waals surface area contributed by atoms with E-state index < -0.39 is 18.2 Å². The standard InChI is InChI=1S/C10H12FNO3/c11-7(5-8(12)10(14)15)6-3-1-2-4-9(6)13/h1-4,7-8,13H,5,12H2,(H,14,15). The Bertz CT molecular complexity index is 356. The maximum absolute atomic E-state index is 13.5. The van der Waals surface area contributed by atoms with Crippen LogP contribution in [0, 0.1) is 0 Å². The average molecular weight is 213 g/mol. The quantitative estimate of drug-likeness (QED) is 0.701. The van der Waals surface area contributed by atoms with E-state index in [0.717, 1.165) is 0 Å². The number of aromatic hydroxyl groups is 1. The number of para-hydroxylation sites is 1. The van der Waals surface area contributed by atoms with E-state index in [-0.39, 0.29) is 17.7 Å². The summed E-state index contributed by atoms with van der Waals surface area (Å²) in [5.74, 6) is -1.45. The molecule has 82 valence electrons. The molecular formula is C10H12FNO3. The minimum Gasteiger partial charge on any atom is -0.508 e. The lowest BCUT2D eigenvalue weighted by atomic mass is 10.0. The molecule has 0 aliphatic heterocycles. The predicted octanol–water partition coefficient (Wildman–Crippen LogP) is 1.20. The van der Waals surface area contributed by atoms with Crippen LogP contribution in [0.15, 0.2) is 24.3 Å². The number of rotatable bonds is 4. The molecule has 0 heterocycles. The molecule has 1 aromatic carbocycles. The highest BCUT2D eigenvalue weighted by Crippen LogP contribution is 2.29. The van der Waals surface area contributed by atoms with Crippen LogP contribution in [-0.4, -0.2) is 22.2 Å². The summed E-state index contributed by atoms with van der Waals surface area (Å²) in [6, 6.07) is 4.60. The highest BCUT2D eigenvalue weighted by molar-refractivity contribution is 5.73. The number of halogens is 1. The molecule has 5 heteroatoms. The van der Waals surface area contributed by atoms with E-state index in [2.05, 4.69) is 0 Å². The van der Waals surface area contributed by atoms with Gasteiger partial charge in [0.1, 0.15) is 18.0 Å². The van der Waals surface area contributed by atoms with Gasteiger partial charge in [-0.15, -0.1) is 0 Å². The molecule has 0 amide bonds. The molecule has 0 fully saturated rings. The first-order valence-corrected chi connectivity index (χ1v) is 4.42. The van der Waals surface area contributed by atoms with E-state index in [1.807, 2.05) is 0 Å². The number of hydrogen-bond donors (Lipinski definition) is 3. The van der Waals surface area contributed by atoms with Crippen molar-refractivity contribution in [1.29, 1.82) is 0 Å². The van der Waals surface area contributed by atoms with E-state index in [4.69, 9.17) is 10.8 Å². The van der Waals surface area contributed by atoms with Gasteiger partial charge in [0.25, 0.3) is 0 Å². The molecule has 0 bridgehead atoms. The van der Waals surface area contributed by atoms with E-state index >= 15 is 0 Å². The second-order valence-electron chi connectivity index (χ2n) is 3.21. The minimum atomic E-state index is -1.57. The van der Waals surface area contributed by atoms with Crippen molar-refractivity contribution < 1.29 is 19.4 Å². The van der Waals surface area contributed by atoms with Crippen molar-refractivity contribution in [3.05, 3.63) is 29.8 Å². The Kier molecular flexibility index (Phi) is 3.62. The van der Waals surface area contributed by atoms with Gasteiger partial charge in [0, 0.05) is 12.0 Å². The summed E-state index contributed by atoms with van der Waals surface area (Å²) >= 11 is 0. The average Bonchev–Trinajstić information content (AvgIpc) is 2.18. The number of carbonyl (C=O) groups is 1. The van der Waals surface area contributed by atoms with Crippen LogP contribution in [0.5, 0.6) is 5.75 Å². The lowest BCUT2D eigenvalue weighted by molar-refractivity contribution is -0.139. The molecule has 0 saturated heterocycles. The van der Waals surface area contributed by atoms with Crippen LogP contribution >= 0.6 is 0 Å². The van der Waals surface area contributed by atoms with Crippen molar-refractivity contribution in [2.24, 2.45) is 5.73 Å². The van der Waals surface area contributed by atoms with E-state index in [0.29, 0.717) is 0 Å². The maximum atomic E-state index is 13.5. The molecule has 0 aromatic heterocycles. The predicted molar refractivity (Wildman–Crippen MR) is 52.2 cm³/mol. The number of hydrogen-bond acceptors (Lipinski definition) is 3. The molecule has 15 heavy (non-hydrogen) atoms. The first kappa shape index (κ1) is 11.5. The fraction of sp³-hybridized carbons (Fsp3) is 0.300. The zero-order valence-corrected chi connectivity index (χ0v) is 7.93. The van der Waals surface area contributed by atoms with Crippen LogP contribution in [0.25, 0.3) is 0 Å². The molecule has 0 aliphatic carbocycles. The molecule has 1 aromatic rings. The monoisotopic (exact) mass is 213 g/mol. The SMILES string of the molecule is NC(CC(F)c1ccccc1O)C(=O)O. The summed E-state index contributed by atoms with van der Waals surface area (Å²) in [6.45, 7) is 0. The zero-order chi connectivity index (χ0) is 11.4. The molecule has 4 nitrogen and oxygen atoms in total. The highest BCUT2D eigenvalue weighted by atomic mass is 19.1. The number of alkyl halides is 1. The van der Waals surface area contributed by atoms with Gasteiger partial charge in [-0.3, -0.25) is 4.79 Å². The van der Waals surface area contributed by atoms with Gasteiger partial charge in [-0.1, -0.05) is 18.2 Å². The lowest BCUT2D eigenvalue weighted by Gasteiger charge is -2.12. The summed E-state index contributed by atoms with van der Waals surface area (Å²) in [7, 11) is 0. The Hall–Kier alpha value is -1.62. The van der Waals surface area contributed by atoms with Crippen LogP contribution in [0.2, 0.25) is 0 Å². The van der Waals surface area contributed by atoms with Gasteiger partial charge in [-0.25, -0.2) is 4.39 Å². The van der Waals surface area contributed by atoms with Crippen molar-refractivity contribution in [2.75, 3.05) is 0 Å². The number of benzene rings is 1. The van der Waals surface area contributed by atoms with E-state index in [1.54, 1.807) is 12.1 Å². The summed E-state index contributed by atoms with van der Waals surface area (Å²) in [6.07, 6.45) is -1.93. The summed E-state index contributed by atoms with van der Waals surface area (Å²) in [4.78, 5) is 10.4. The van der Waals surface area contributed by atoms with Crippen molar-refractivity contribution in [2.45, 2.75) is 18.6 Å². The van der Waals surface area contributed by atoms with Crippen LogP contribution in [0.4, 0.5) is 4.39 Å². The maximum Gasteiger partial charge on any atom is 0.320 e. The van der Waals surface area contributed by atoms with Gasteiger partial charge in [0.15, 0.2) is 0 Å². The Balaban J connectivity index is 2.73. The first-order valence-electron chi connectivity index (χ1n) is 4.42. The molecular weight excluding hydrogens is 201 g/mol. The van der Waals surface area contributed by atoms with Gasteiger partial charge in [0.2, 0.25) is 0 Å². The fourth-order valence-electron chi connectivity index (χ4n) is 1.20. The Morgan fingerprint density at radius 3 is 2.60 bits per heavy atom. The number of phenolic OH excluding ortho intramolecular Hbond substituents is 1. The molecule has 2 unspecified atom stereocenters. The number of phenols is 1. The lowest BCUT2D eigenvalue weighted by Crippen LogP contribution is -2.31. The smallest absolute Gasteiger partial charge is 0.320 e. The van der Waals surface area contributed by atoms with E-state index in [1.165, 1.54) is 12.1 Å². The minimum absolute atomic E-state index is 0.0641. The largest absolute Gasteiger partial charge is 0.508 e. The fourth-order valence-corrected chi connectivity index (χ4v) is 1.20. The summed E-state index contributed by atoms with van der Waals surface area (Å²) in [5, 5.41) is 17.8. The molecule has 2 atom stereocenters. The van der Waals surface area contributed by atoms with Gasteiger partial charge in [-0.05, 0) is 6.07 Å². The zero-order valence-electron chi connectivity index (χ0n) is 7.93. The third kappa shape index (κ3) is 2.92. The third-order valence-electron chi connectivity index (χ3n) is 2.05. The van der Waals surface area contributed by atoms with Gasteiger partial charge >= 0.3 is 5.97 Å². The molecule has 0 aliphatic rings. The topological polar surface area (TPSA) is 83.5 Å².